The third kappa shape index (κ3) is 2.05. The number of fused-ring (bicyclic) bond motifs is 1. The molecule has 102 valence electrons. The van der Waals surface area contributed by atoms with Crippen molar-refractivity contribution in [3.05, 3.63) is 54.6 Å². The van der Waals surface area contributed by atoms with Gasteiger partial charge in [-0.25, -0.2) is 0 Å². The molecule has 0 aliphatic heterocycles. The van der Waals surface area contributed by atoms with Crippen LogP contribution in [0.25, 0.3) is 11.0 Å². The molecular weight excluding hydrogens is 273 g/mol. The summed E-state index contributed by atoms with van der Waals surface area (Å²) in [4.78, 5) is 0. The summed E-state index contributed by atoms with van der Waals surface area (Å²) in [5.41, 5.74) is 1.40. The number of nitrogens with zero attached hydrogens (tertiary/aromatic N) is 3. The molecule has 0 fully saturated rings. The standard InChI is InChI=1S/C14H14N3O2P/c1-2-19-20(18,12-8-4-3-5-9-12)17-14-11-7-6-10-13(14)15-16-17/h3-11H,2H2,1H3. The zero-order valence-electron chi connectivity index (χ0n) is 11.0. The minimum absolute atomic E-state index is 0.334. The van der Waals surface area contributed by atoms with Gasteiger partial charge in [-0.2, -0.15) is 4.45 Å². The summed E-state index contributed by atoms with van der Waals surface area (Å²) in [5.74, 6) is 0. The van der Waals surface area contributed by atoms with Gasteiger partial charge in [0.1, 0.15) is 5.52 Å². The summed E-state index contributed by atoms with van der Waals surface area (Å²) >= 11 is 0. The Kier molecular flexibility index (Phi) is 3.38. The van der Waals surface area contributed by atoms with Crippen LogP contribution in [0.2, 0.25) is 0 Å². The van der Waals surface area contributed by atoms with Crippen molar-refractivity contribution in [3.8, 4) is 0 Å². The number of para-hydroxylation sites is 1. The van der Waals surface area contributed by atoms with Crippen LogP contribution in [0.3, 0.4) is 0 Å². The minimum atomic E-state index is -3.28. The lowest BCUT2D eigenvalue weighted by Crippen LogP contribution is -2.15. The van der Waals surface area contributed by atoms with Crippen molar-refractivity contribution >= 4 is 23.9 Å². The minimum Gasteiger partial charge on any atom is -0.309 e. The van der Waals surface area contributed by atoms with Crippen molar-refractivity contribution in [2.75, 3.05) is 6.61 Å². The van der Waals surface area contributed by atoms with E-state index < -0.39 is 7.52 Å². The molecule has 0 aliphatic rings. The second-order valence-electron chi connectivity index (χ2n) is 4.24. The lowest BCUT2D eigenvalue weighted by atomic mass is 10.3. The highest BCUT2D eigenvalue weighted by Crippen LogP contribution is 2.47. The average molecular weight is 287 g/mol. The second-order valence-corrected chi connectivity index (χ2v) is 6.44. The van der Waals surface area contributed by atoms with E-state index in [2.05, 4.69) is 10.3 Å². The van der Waals surface area contributed by atoms with Crippen LogP contribution in [0.15, 0.2) is 54.6 Å². The number of hydrogen-bond donors (Lipinski definition) is 0. The quantitative estimate of drug-likeness (QED) is 0.692. The number of rotatable bonds is 4. The predicted octanol–water partition coefficient (Wildman–Crippen LogP) is 2.83. The van der Waals surface area contributed by atoms with Gasteiger partial charge in [0.15, 0.2) is 0 Å². The molecule has 0 N–H and O–H groups in total. The monoisotopic (exact) mass is 287 g/mol. The molecule has 0 saturated heterocycles. The molecule has 5 nitrogen and oxygen atoms in total. The fourth-order valence-corrected chi connectivity index (χ4v) is 4.06. The second kappa shape index (κ2) is 5.19. The van der Waals surface area contributed by atoms with Crippen LogP contribution in [-0.4, -0.2) is 21.4 Å². The van der Waals surface area contributed by atoms with Crippen LogP contribution >= 0.6 is 7.52 Å². The Morgan fingerprint density at radius 2 is 1.80 bits per heavy atom. The first-order valence-corrected chi connectivity index (χ1v) is 7.95. The van der Waals surface area contributed by atoms with Crippen molar-refractivity contribution in [3.63, 3.8) is 0 Å². The van der Waals surface area contributed by atoms with Crippen molar-refractivity contribution in [1.29, 1.82) is 0 Å². The molecule has 1 heterocycles. The largest absolute Gasteiger partial charge is 0.347 e. The van der Waals surface area contributed by atoms with E-state index in [1.807, 2.05) is 49.4 Å². The predicted molar refractivity (Wildman–Crippen MR) is 78.2 cm³/mol. The van der Waals surface area contributed by atoms with Crippen LogP contribution in [-0.2, 0) is 9.09 Å². The van der Waals surface area contributed by atoms with Gasteiger partial charge in [0.05, 0.1) is 17.4 Å². The Morgan fingerprint density at radius 3 is 2.55 bits per heavy atom. The van der Waals surface area contributed by atoms with E-state index in [1.165, 1.54) is 4.45 Å². The number of benzene rings is 2. The first-order valence-electron chi connectivity index (χ1n) is 6.37. The Morgan fingerprint density at radius 1 is 1.10 bits per heavy atom. The third-order valence-corrected chi connectivity index (χ3v) is 5.32. The van der Waals surface area contributed by atoms with Crippen LogP contribution < -0.4 is 5.30 Å². The maximum atomic E-state index is 13.3. The molecular formula is C14H14N3O2P. The first kappa shape index (κ1) is 13.0. The third-order valence-electron chi connectivity index (χ3n) is 2.97. The van der Waals surface area contributed by atoms with E-state index in [1.54, 1.807) is 12.1 Å². The van der Waals surface area contributed by atoms with Gasteiger partial charge >= 0.3 is 7.52 Å². The van der Waals surface area contributed by atoms with Crippen LogP contribution in [0, 0.1) is 0 Å². The molecule has 3 aromatic rings. The average Bonchev–Trinajstić information content (AvgIpc) is 2.93. The van der Waals surface area contributed by atoms with E-state index in [0.717, 1.165) is 0 Å². The molecule has 0 bridgehead atoms. The molecule has 0 amide bonds. The fraction of sp³-hybridized carbons (Fsp3) is 0.143. The molecule has 1 atom stereocenters. The van der Waals surface area contributed by atoms with Crippen LogP contribution in [0.1, 0.15) is 6.92 Å². The summed E-state index contributed by atoms with van der Waals surface area (Å²) in [6.07, 6.45) is 0. The smallest absolute Gasteiger partial charge is 0.309 e. The molecule has 3 rings (SSSR count). The molecule has 0 radical (unpaired) electrons. The maximum Gasteiger partial charge on any atom is 0.347 e. The molecule has 20 heavy (non-hydrogen) atoms. The normalized spacial score (nSPS) is 14.2. The van der Waals surface area contributed by atoms with Gasteiger partial charge < -0.3 is 4.52 Å². The van der Waals surface area contributed by atoms with E-state index in [9.17, 15) is 4.57 Å². The summed E-state index contributed by atoms with van der Waals surface area (Å²) in [7, 11) is -3.28. The maximum absolute atomic E-state index is 13.3. The van der Waals surface area contributed by atoms with E-state index in [-0.39, 0.29) is 0 Å². The summed E-state index contributed by atoms with van der Waals surface area (Å²) in [6.45, 7) is 2.15. The molecule has 0 saturated carbocycles. The summed E-state index contributed by atoms with van der Waals surface area (Å²) in [5, 5.41) is 8.70. The highest BCUT2D eigenvalue weighted by Gasteiger charge is 2.31. The topological polar surface area (TPSA) is 57.0 Å². The fourth-order valence-electron chi connectivity index (χ4n) is 2.08. The van der Waals surface area contributed by atoms with Gasteiger partial charge in [-0.3, -0.25) is 4.57 Å². The molecule has 6 heteroatoms. The van der Waals surface area contributed by atoms with Crippen molar-refractivity contribution in [2.45, 2.75) is 6.92 Å². The van der Waals surface area contributed by atoms with Gasteiger partial charge in [-0.15, -0.1) is 5.10 Å². The van der Waals surface area contributed by atoms with Gasteiger partial charge in [-0.05, 0) is 31.2 Å². The van der Waals surface area contributed by atoms with Gasteiger partial charge in [-0.1, -0.05) is 35.5 Å². The van der Waals surface area contributed by atoms with Gasteiger partial charge in [0.25, 0.3) is 0 Å². The van der Waals surface area contributed by atoms with Crippen molar-refractivity contribution < 1.29 is 9.09 Å². The zero-order valence-corrected chi connectivity index (χ0v) is 11.9. The Labute approximate surface area is 116 Å². The van der Waals surface area contributed by atoms with Gasteiger partial charge in [0, 0.05) is 0 Å². The zero-order chi connectivity index (χ0) is 14.0. The van der Waals surface area contributed by atoms with Crippen LogP contribution in [0.4, 0.5) is 0 Å². The van der Waals surface area contributed by atoms with Crippen molar-refractivity contribution in [1.82, 2.24) is 14.8 Å². The Balaban J connectivity index is 2.23. The van der Waals surface area contributed by atoms with E-state index in [4.69, 9.17) is 4.52 Å². The lowest BCUT2D eigenvalue weighted by Gasteiger charge is -2.18. The molecule has 1 unspecified atom stereocenters. The number of aromatic nitrogens is 3. The molecule has 0 aliphatic carbocycles. The highest BCUT2D eigenvalue weighted by molar-refractivity contribution is 7.65. The van der Waals surface area contributed by atoms with Crippen molar-refractivity contribution in [2.24, 2.45) is 0 Å². The molecule has 0 spiro atoms. The highest BCUT2D eigenvalue weighted by atomic mass is 31.2. The Bertz CT molecular complexity index is 770. The summed E-state index contributed by atoms with van der Waals surface area (Å²) < 4.78 is 20.3. The Hall–Kier alpha value is -1.97. The summed E-state index contributed by atoms with van der Waals surface area (Å²) in [6, 6.07) is 16.5. The van der Waals surface area contributed by atoms with Gasteiger partial charge in [0.2, 0.25) is 0 Å². The molecule has 1 aromatic heterocycles. The molecule has 2 aromatic carbocycles. The lowest BCUT2D eigenvalue weighted by molar-refractivity contribution is 0.331. The van der Waals surface area contributed by atoms with Crippen LogP contribution in [0.5, 0.6) is 0 Å². The van der Waals surface area contributed by atoms with E-state index in [0.29, 0.717) is 22.9 Å². The number of hydrogen-bond acceptors (Lipinski definition) is 4. The SMILES string of the molecule is CCOP(=O)(c1ccccc1)n1nnc2ccccc21. The van der Waals surface area contributed by atoms with E-state index >= 15 is 0 Å². The first-order chi connectivity index (χ1) is 9.75.